The maximum atomic E-state index is 6.38. The van der Waals surface area contributed by atoms with Crippen LogP contribution in [0.5, 0.6) is 0 Å². The van der Waals surface area contributed by atoms with Crippen LogP contribution in [0.2, 0.25) is 0 Å². The molecule has 0 spiro atoms. The van der Waals surface area contributed by atoms with Gasteiger partial charge >= 0.3 is 0 Å². The number of nitrogen functional groups attached to an aromatic ring is 1. The van der Waals surface area contributed by atoms with E-state index >= 15 is 0 Å². The summed E-state index contributed by atoms with van der Waals surface area (Å²) in [5, 5.41) is 0. The average molecular weight is 285 g/mol. The first-order valence-electron chi connectivity index (χ1n) is 7.68. The van der Waals surface area contributed by atoms with Gasteiger partial charge in [0.1, 0.15) is 0 Å². The second kappa shape index (κ2) is 4.48. The number of nitrogens with two attached hydrogens (primary N) is 1. The van der Waals surface area contributed by atoms with E-state index in [1.54, 1.807) is 0 Å². The number of rotatable bonds is 1. The lowest BCUT2D eigenvalue weighted by molar-refractivity contribution is 0.661. The molecular formula is C21H19N. The van der Waals surface area contributed by atoms with E-state index in [4.69, 9.17) is 5.73 Å². The van der Waals surface area contributed by atoms with E-state index in [-0.39, 0.29) is 5.41 Å². The van der Waals surface area contributed by atoms with Crippen molar-refractivity contribution in [3.63, 3.8) is 0 Å². The summed E-state index contributed by atoms with van der Waals surface area (Å²) in [6.45, 7) is 4.55. The highest BCUT2D eigenvalue weighted by molar-refractivity contribution is 5.89. The fraction of sp³-hybridized carbons (Fsp3) is 0.143. The predicted octanol–water partition coefficient (Wildman–Crippen LogP) is 5.24. The van der Waals surface area contributed by atoms with Gasteiger partial charge in [-0.2, -0.15) is 0 Å². The Morgan fingerprint density at radius 3 is 2.14 bits per heavy atom. The fourth-order valence-corrected chi connectivity index (χ4v) is 3.63. The Labute approximate surface area is 131 Å². The minimum atomic E-state index is 0.00919. The highest BCUT2D eigenvalue weighted by Crippen LogP contribution is 2.50. The van der Waals surface area contributed by atoms with E-state index in [2.05, 4.69) is 74.5 Å². The molecule has 0 bridgehead atoms. The Kier molecular flexibility index (Phi) is 2.67. The molecule has 0 aromatic heterocycles. The van der Waals surface area contributed by atoms with Gasteiger partial charge in [-0.05, 0) is 39.9 Å². The second-order valence-corrected chi connectivity index (χ2v) is 6.52. The maximum Gasteiger partial charge on any atom is 0.0397 e. The van der Waals surface area contributed by atoms with Gasteiger partial charge in [0.05, 0.1) is 0 Å². The standard InChI is InChI=1S/C21H19N/c1-21(2)18-11-7-6-10-15(18)17-12-16(20(22)13-19(17)21)14-8-4-3-5-9-14/h3-13H,22H2,1-2H3. The normalized spacial score (nSPS) is 14.5. The molecule has 3 aromatic carbocycles. The summed E-state index contributed by atoms with van der Waals surface area (Å²) < 4.78 is 0. The molecule has 0 saturated carbocycles. The molecule has 0 saturated heterocycles. The summed E-state index contributed by atoms with van der Waals surface area (Å²) in [5.74, 6) is 0. The van der Waals surface area contributed by atoms with Gasteiger partial charge in [-0.3, -0.25) is 0 Å². The summed E-state index contributed by atoms with van der Waals surface area (Å²) in [6.07, 6.45) is 0. The van der Waals surface area contributed by atoms with Crippen LogP contribution in [0.3, 0.4) is 0 Å². The molecule has 3 aromatic rings. The van der Waals surface area contributed by atoms with Gasteiger partial charge in [-0.1, -0.05) is 68.4 Å². The summed E-state index contributed by atoms with van der Waals surface area (Å²) in [5.41, 5.74) is 14.9. The molecule has 1 heteroatoms. The van der Waals surface area contributed by atoms with E-state index in [1.165, 1.54) is 27.8 Å². The smallest absolute Gasteiger partial charge is 0.0397 e. The van der Waals surface area contributed by atoms with Crippen molar-refractivity contribution in [3.05, 3.63) is 77.9 Å². The number of anilines is 1. The molecule has 2 N–H and O–H groups in total. The molecule has 0 heterocycles. The second-order valence-electron chi connectivity index (χ2n) is 6.52. The van der Waals surface area contributed by atoms with Gasteiger partial charge in [0.25, 0.3) is 0 Å². The van der Waals surface area contributed by atoms with Crippen molar-refractivity contribution in [2.75, 3.05) is 5.73 Å². The Balaban J connectivity index is 2.01. The third-order valence-electron chi connectivity index (χ3n) is 4.84. The van der Waals surface area contributed by atoms with Crippen LogP contribution >= 0.6 is 0 Å². The summed E-state index contributed by atoms with van der Waals surface area (Å²) in [4.78, 5) is 0. The molecule has 108 valence electrons. The van der Waals surface area contributed by atoms with E-state index in [9.17, 15) is 0 Å². The molecule has 22 heavy (non-hydrogen) atoms. The Morgan fingerprint density at radius 1 is 0.682 bits per heavy atom. The third kappa shape index (κ3) is 1.72. The van der Waals surface area contributed by atoms with Crippen molar-refractivity contribution in [1.82, 2.24) is 0 Å². The molecule has 1 aliphatic rings. The largest absolute Gasteiger partial charge is 0.398 e. The lowest BCUT2D eigenvalue weighted by atomic mass is 9.82. The van der Waals surface area contributed by atoms with Crippen LogP contribution in [0, 0.1) is 0 Å². The first-order valence-corrected chi connectivity index (χ1v) is 7.68. The average Bonchev–Trinajstić information content (AvgIpc) is 2.76. The van der Waals surface area contributed by atoms with Gasteiger partial charge in [-0.15, -0.1) is 0 Å². The summed E-state index contributed by atoms with van der Waals surface area (Å²) in [7, 11) is 0. The van der Waals surface area contributed by atoms with Crippen molar-refractivity contribution in [3.8, 4) is 22.3 Å². The highest BCUT2D eigenvalue weighted by atomic mass is 14.6. The van der Waals surface area contributed by atoms with Crippen LogP contribution in [0.25, 0.3) is 22.3 Å². The fourth-order valence-electron chi connectivity index (χ4n) is 3.63. The molecule has 0 unspecified atom stereocenters. The molecule has 0 amide bonds. The number of fused-ring (bicyclic) bond motifs is 3. The quantitative estimate of drug-likeness (QED) is 0.608. The minimum Gasteiger partial charge on any atom is -0.398 e. The van der Waals surface area contributed by atoms with Gasteiger partial charge in [0, 0.05) is 16.7 Å². The summed E-state index contributed by atoms with van der Waals surface area (Å²) >= 11 is 0. The van der Waals surface area contributed by atoms with Crippen molar-refractivity contribution in [1.29, 1.82) is 0 Å². The third-order valence-corrected chi connectivity index (χ3v) is 4.84. The molecule has 1 aliphatic carbocycles. The number of hydrogen-bond donors (Lipinski definition) is 1. The van der Waals surface area contributed by atoms with E-state index in [0.717, 1.165) is 11.3 Å². The van der Waals surface area contributed by atoms with Crippen LogP contribution in [0.15, 0.2) is 66.7 Å². The number of benzene rings is 3. The lowest BCUT2D eigenvalue weighted by Gasteiger charge is -2.22. The van der Waals surface area contributed by atoms with E-state index in [1.807, 2.05) is 6.07 Å². The Morgan fingerprint density at radius 2 is 1.36 bits per heavy atom. The van der Waals surface area contributed by atoms with Gasteiger partial charge in [0.2, 0.25) is 0 Å². The maximum absolute atomic E-state index is 6.38. The zero-order valence-corrected chi connectivity index (χ0v) is 12.9. The van der Waals surface area contributed by atoms with Crippen molar-refractivity contribution in [2.24, 2.45) is 0 Å². The van der Waals surface area contributed by atoms with Crippen molar-refractivity contribution in [2.45, 2.75) is 19.3 Å². The highest BCUT2D eigenvalue weighted by Gasteiger charge is 2.35. The first kappa shape index (κ1) is 13.1. The van der Waals surface area contributed by atoms with Crippen LogP contribution in [-0.2, 0) is 5.41 Å². The van der Waals surface area contributed by atoms with Crippen LogP contribution < -0.4 is 5.73 Å². The molecule has 1 nitrogen and oxygen atoms in total. The van der Waals surface area contributed by atoms with Crippen molar-refractivity contribution < 1.29 is 0 Å². The Bertz CT molecular complexity index is 860. The zero-order chi connectivity index (χ0) is 15.3. The molecule has 0 fully saturated rings. The minimum absolute atomic E-state index is 0.00919. The molecule has 0 radical (unpaired) electrons. The van der Waals surface area contributed by atoms with Crippen molar-refractivity contribution >= 4 is 5.69 Å². The molecule has 0 atom stereocenters. The summed E-state index contributed by atoms with van der Waals surface area (Å²) in [6, 6.07) is 23.5. The SMILES string of the molecule is CC1(C)c2ccccc2-c2cc(-c3ccccc3)c(N)cc21. The molecular weight excluding hydrogens is 266 g/mol. The number of hydrogen-bond acceptors (Lipinski definition) is 1. The molecule has 4 rings (SSSR count). The van der Waals surface area contributed by atoms with E-state index in [0.29, 0.717) is 0 Å². The van der Waals surface area contributed by atoms with Gasteiger partial charge in [0.15, 0.2) is 0 Å². The van der Waals surface area contributed by atoms with E-state index < -0.39 is 0 Å². The van der Waals surface area contributed by atoms with Gasteiger partial charge < -0.3 is 5.73 Å². The van der Waals surface area contributed by atoms with Crippen LogP contribution in [-0.4, -0.2) is 0 Å². The topological polar surface area (TPSA) is 26.0 Å². The van der Waals surface area contributed by atoms with Crippen LogP contribution in [0.1, 0.15) is 25.0 Å². The predicted molar refractivity (Wildman–Crippen MR) is 93.9 cm³/mol. The zero-order valence-electron chi connectivity index (χ0n) is 12.9. The van der Waals surface area contributed by atoms with Crippen LogP contribution in [0.4, 0.5) is 5.69 Å². The Hall–Kier alpha value is -2.54. The monoisotopic (exact) mass is 285 g/mol. The van der Waals surface area contributed by atoms with Gasteiger partial charge in [-0.25, -0.2) is 0 Å². The molecule has 0 aliphatic heterocycles. The lowest BCUT2D eigenvalue weighted by Crippen LogP contribution is -2.15. The first-order chi connectivity index (χ1) is 10.6.